The average molecular weight is 546 g/mol. The minimum atomic E-state index is -0.176. The molecule has 40 heavy (non-hydrogen) atoms. The molecule has 0 spiro atoms. The van der Waals surface area contributed by atoms with Crippen molar-refractivity contribution in [2.75, 3.05) is 39.3 Å². The van der Waals surface area contributed by atoms with Gasteiger partial charge in [-0.15, -0.1) is 0 Å². The lowest BCUT2D eigenvalue weighted by Crippen LogP contribution is -2.33. The molecule has 10 nitrogen and oxygen atoms in total. The number of nitrogens with one attached hydrogen (secondary N) is 2. The molecule has 2 aliphatic rings. The molecule has 2 N–H and O–H groups in total. The number of methoxy groups -OCH3 is 1. The summed E-state index contributed by atoms with van der Waals surface area (Å²) in [4.78, 5) is 37.4. The zero-order valence-electron chi connectivity index (χ0n) is 23.2. The Kier molecular flexibility index (Phi) is 7.18. The number of carbonyl (C=O) groups is 2. The van der Waals surface area contributed by atoms with Crippen molar-refractivity contribution in [3.63, 3.8) is 0 Å². The van der Waals surface area contributed by atoms with Gasteiger partial charge in [-0.2, -0.15) is 4.98 Å². The molecule has 10 heteroatoms. The maximum Gasteiger partial charge on any atom is 0.297 e. The first-order valence-corrected chi connectivity index (χ1v) is 14.0. The zero-order chi connectivity index (χ0) is 27.8. The molecule has 2 atom stereocenters. The van der Waals surface area contributed by atoms with Gasteiger partial charge in [0, 0.05) is 51.9 Å². The van der Waals surface area contributed by atoms with Crippen LogP contribution in [0, 0.1) is 0 Å². The number of hydrogen-bond acceptors (Lipinski definition) is 8. The van der Waals surface area contributed by atoms with Gasteiger partial charge in [-0.3, -0.25) is 9.59 Å². The third-order valence-electron chi connectivity index (χ3n) is 7.78. The lowest BCUT2D eigenvalue weighted by molar-refractivity contribution is 0.0934. The fourth-order valence-corrected chi connectivity index (χ4v) is 5.51. The van der Waals surface area contributed by atoms with Crippen molar-refractivity contribution in [1.82, 2.24) is 20.6 Å². The Labute approximate surface area is 232 Å². The van der Waals surface area contributed by atoms with E-state index in [1.807, 2.05) is 32.3 Å². The van der Waals surface area contributed by atoms with Crippen LogP contribution in [0.25, 0.3) is 22.2 Å². The Balaban J connectivity index is 1.21. The monoisotopic (exact) mass is 545 g/mol. The highest BCUT2D eigenvalue weighted by Gasteiger charge is 2.33. The Morgan fingerprint density at radius 3 is 2.65 bits per heavy atom. The number of hydrogen-bond donors (Lipinski definition) is 2. The number of ether oxygens (including phenoxy) is 1. The van der Waals surface area contributed by atoms with Gasteiger partial charge in [-0.1, -0.05) is 6.07 Å². The first kappa shape index (κ1) is 26.3. The van der Waals surface area contributed by atoms with Gasteiger partial charge in [0.25, 0.3) is 17.8 Å². The van der Waals surface area contributed by atoms with Crippen LogP contribution in [0.5, 0.6) is 0 Å². The number of carbonyl (C=O) groups excluding carboxylic acids is 2. The fraction of sp³-hybridized carbons (Fsp3) is 0.467. The van der Waals surface area contributed by atoms with Crippen molar-refractivity contribution in [3.8, 4) is 0 Å². The first-order chi connectivity index (χ1) is 19.4. The van der Waals surface area contributed by atoms with Gasteiger partial charge in [0.1, 0.15) is 11.0 Å². The Morgan fingerprint density at radius 1 is 1.05 bits per heavy atom. The second kappa shape index (κ2) is 10.9. The van der Waals surface area contributed by atoms with E-state index in [1.54, 1.807) is 24.1 Å². The van der Waals surface area contributed by atoms with E-state index in [0.717, 1.165) is 55.5 Å². The largest absolute Gasteiger partial charge is 0.440 e. The number of rotatable bonds is 10. The molecule has 2 amide bonds. The smallest absolute Gasteiger partial charge is 0.297 e. The van der Waals surface area contributed by atoms with Crippen LogP contribution in [-0.2, 0) is 4.74 Å². The maximum atomic E-state index is 13.3. The SMILES string of the molecule is COCCCNC(=O)c1cc(C2CCC(NC(=O)c3cccc4nc(N(C)C)oc34)C2)c2nc(C3CC3)oc2c1. The predicted molar refractivity (Wildman–Crippen MR) is 151 cm³/mol. The van der Waals surface area contributed by atoms with E-state index in [4.69, 9.17) is 18.6 Å². The summed E-state index contributed by atoms with van der Waals surface area (Å²) in [7, 11) is 5.35. The van der Waals surface area contributed by atoms with Crippen molar-refractivity contribution < 1.29 is 23.2 Å². The van der Waals surface area contributed by atoms with E-state index >= 15 is 0 Å². The second-order valence-corrected chi connectivity index (χ2v) is 11.1. The number of fused-ring (bicyclic) bond motifs is 2. The zero-order valence-corrected chi connectivity index (χ0v) is 23.2. The molecule has 4 aromatic rings. The first-order valence-electron chi connectivity index (χ1n) is 14.0. The van der Waals surface area contributed by atoms with Crippen LogP contribution in [0.3, 0.4) is 0 Å². The van der Waals surface area contributed by atoms with E-state index in [-0.39, 0.29) is 23.8 Å². The molecule has 2 fully saturated rings. The van der Waals surface area contributed by atoms with Crippen LogP contribution in [0.15, 0.2) is 39.2 Å². The summed E-state index contributed by atoms with van der Waals surface area (Å²) in [6.07, 6.45) is 5.37. The minimum absolute atomic E-state index is 0.0135. The van der Waals surface area contributed by atoms with E-state index in [2.05, 4.69) is 15.6 Å². The van der Waals surface area contributed by atoms with E-state index < -0.39 is 0 Å². The predicted octanol–water partition coefficient (Wildman–Crippen LogP) is 4.74. The van der Waals surface area contributed by atoms with Gasteiger partial charge in [0.05, 0.1) is 5.56 Å². The standard InChI is InChI=1S/C30H35N5O5/c1-35(2)30-33-23-7-4-6-21(26(23)40-30)28(37)32-20-11-10-18(14-20)22-15-19(27(36)31-12-5-13-38-3)16-24-25(22)34-29(39-24)17-8-9-17/h4,6-7,15-18,20H,5,8-14H2,1-3H3,(H,31,36)(H,32,37). The van der Waals surface area contributed by atoms with E-state index in [9.17, 15) is 9.59 Å². The highest BCUT2D eigenvalue weighted by molar-refractivity contribution is 6.04. The average Bonchev–Trinajstić information content (AvgIpc) is 3.33. The number of nitrogens with zero attached hydrogens (tertiary/aromatic N) is 3. The molecule has 210 valence electrons. The molecule has 0 saturated heterocycles. The molecule has 0 aliphatic heterocycles. The highest BCUT2D eigenvalue weighted by Crippen LogP contribution is 2.43. The summed E-state index contributed by atoms with van der Waals surface area (Å²) in [5.41, 5.74) is 4.68. The maximum absolute atomic E-state index is 13.3. The molecule has 2 saturated carbocycles. The van der Waals surface area contributed by atoms with Gasteiger partial charge < -0.3 is 29.1 Å². The van der Waals surface area contributed by atoms with Crippen molar-refractivity contribution in [2.45, 2.75) is 56.4 Å². The lowest BCUT2D eigenvalue weighted by atomic mass is 9.94. The molecule has 2 aromatic heterocycles. The third-order valence-corrected chi connectivity index (χ3v) is 7.78. The van der Waals surface area contributed by atoms with Crippen LogP contribution in [0.4, 0.5) is 6.01 Å². The summed E-state index contributed by atoms with van der Waals surface area (Å²) in [5, 5.41) is 6.19. The van der Waals surface area contributed by atoms with Crippen LogP contribution >= 0.6 is 0 Å². The van der Waals surface area contributed by atoms with Gasteiger partial charge in [0.15, 0.2) is 17.1 Å². The van der Waals surface area contributed by atoms with Crippen molar-refractivity contribution in [3.05, 3.63) is 52.9 Å². The van der Waals surface area contributed by atoms with Gasteiger partial charge in [-0.05, 0) is 74.3 Å². The summed E-state index contributed by atoms with van der Waals surface area (Å²) < 4.78 is 17.1. The topological polar surface area (TPSA) is 123 Å². The summed E-state index contributed by atoms with van der Waals surface area (Å²) in [6.45, 7) is 1.13. The number of oxazole rings is 2. The summed E-state index contributed by atoms with van der Waals surface area (Å²) in [5.74, 6) is 0.962. The van der Waals surface area contributed by atoms with Gasteiger partial charge in [0.2, 0.25) is 0 Å². The number of aromatic nitrogens is 2. The number of benzene rings is 2. The molecule has 6 rings (SSSR count). The quantitative estimate of drug-likeness (QED) is 0.274. The molecule has 2 heterocycles. The summed E-state index contributed by atoms with van der Waals surface area (Å²) in [6, 6.07) is 9.63. The number of para-hydroxylation sites is 1. The fourth-order valence-electron chi connectivity index (χ4n) is 5.51. The molecule has 2 unspecified atom stereocenters. The van der Waals surface area contributed by atoms with Crippen LogP contribution in [0.2, 0.25) is 0 Å². The number of anilines is 1. The van der Waals surface area contributed by atoms with Crippen molar-refractivity contribution in [1.29, 1.82) is 0 Å². The van der Waals surface area contributed by atoms with E-state index in [1.165, 1.54) is 0 Å². The van der Waals surface area contributed by atoms with Crippen molar-refractivity contribution >= 4 is 40.0 Å². The van der Waals surface area contributed by atoms with E-state index in [0.29, 0.717) is 52.9 Å². The van der Waals surface area contributed by atoms with Gasteiger partial charge >= 0.3 is 0 Å². The summed E-state index contributed by atoms with van der Waals surface area (Å²) >= 11 is 0. The highest BCUT2D eigenvalue weighted by atomic mass is 16.5. The minimum Gasteiger partial charge on any atom is -0.440 e. The second-order valence-electron chi connectivity index (χ2n) is 11.1. The lowest BCUT2D eigenvalue weighted by Gasteiger charge is -2.15. The molecule has 0 bridgehead atoms. The molecule has 2 aromatic carbocycles. The Hall–Kier alpha value is -3.92. The van der Waals surface area contributed by atoms with Crippen molar-refractivity contribution in [2.24, 2.45) is 0 Å². The number of amides is 2. The van der Waals surface area contributed by atoms with Crippen LogP contribution < -0.4 is 15.5 Å². The Bertz CT molecular complexity index is 1550. The molecule has 2 aliphatic carbocycles. The van der Waals surface area contributed by atoms with Crippen LogP contribution in [-0.4, -0.2) is 62.2 Å². The normalized spacial score (nSPS) is 18.9. The Morgan fingerprint density at radius 2 is 1.88 bits per heavy atom. The molecular weight excluding hydrogens is 510 g/mol. The third kappa shape index (κ3) is 5.28. The molecule has 0 radical (unpaired) electrons. The molecular formula is C30H35N5O5. The van der Waals surface area contributed by atoms with Crippen LogP contribution in [0.1, 0.15) is 82.5 Å². The van der Waals surface area contributed by atoms with Gasteiger partial charge in [-0.25, -0.2) is 4.98 Å².